The summed E-state index contributed by atoms with van der Waals surface area (Å²) in [7, 11) is -1.81. The minimum absolute atomic E-state index is 0.195. The molecule has 0 bridgehead atoms. The summed E-state index contributed by atoms with van der Waals surface area (Å²) in [5, 5.41) is 9.93. The van der Waals surface area contributed by atoms with Crippen molar-refractivity contribution in [3.05, 3.63) is 15.9 Å². The van der Waals surface area contributed by atoms with Crippen molar-refractivity contribution < 1.29 is 4.43 Å². The van der Waals surface area contributed by atoms with Gasteiger partial charge in [0.1, 0.15) is 0 Å². The molecule has 0 aromatic carbocycles. The molecule has 0 amide bonds. The number of hydrogen-bond acceptors (Lipinski definition) is 3. The van der Waals surface area contributed by atoms with E-state index in [9.17, 15) is 0 Å². The van der Waals surface area contributed by atoms with Crippen molar-refractivity contribution >= 4 is 53.5 Å². The van der Waals surface area contributed by atoms with Gasteiger partial charge in [-0.2, -0.15) is 0 Å². The van der Waals surface area contributed by atoms with Gasteiger partial charge in [0.15, 0.2) is 0 Å². The maximum atomic E-state index is 6.85. The molecule has 0 saturated heterocycles. The first-order valence-corrected chi connectivity index (χ1v) is 23.4. The first-order chi connectivity index (χ1) is 14.5. The SMILES string of the molecule is CCC[CH2][Sn]([CH2]CCC)([CH2]CCC)[c]1c(Cl)nnc(Cl)c1CCO[Si](C)(C)C(C)(C)C. The third-order valence-corrected chi connectivity index (χ3v) is 28.5. The Kier molecular flexibility index (Phi) is 12.9. The van der Waals surface area contributed by atoms with Gasteiger partial charge in [-0.15, -0.1) is 0 Å². The van der Waals surface area contributed by atoms with Crippen molar-refractivity contribution in [1.82, 2.24) is 10.2 Å². The standard InChI is InChI=1S/C12H19Cl2N2OSi.3C4H9.Sn/c1-12(2,3)18(4,5)17-7-6-9-8-10(13)15-16-11(9)14;3*1-3-4-2;/h6-7H2,1-5H3;3*1,3-4H2,2H3;. The molecule has 0 atom stereocenters. The number of rotatable bonds is 14. The van der Waals surface area contributed by atoms with Gasteiger partial charge in [-0.1, -0.05) is 0 Å². The van der Waals surface area contributed by atoms with E-state index < -0.39 is 26.7 Å². The van der Waals surface area contributed by atoms with Crippen LogP contribution in [0, 0.1) is 0 Å². The van der Waals surface area contributed by atoms with Crippen molar-refractivity contribution in [3.63, 3.8) is 0 Å². The van der Waals surface area contributed by atoms with Crippen LogP contribution in [0.3, 0.4) is 0 Å². The molecule has 180 valence electrons. The Morgan fingerprint density at radius 1 is 0.839 bits per heavy atom. The predicted molar refractivity (Wildman–Crippen MR) is 143 cm³/mol. The molecule has 31 heavy (non-hydrogen) atoms. The topological polar surface area (TPSA) is 35.0 Å². The van der Waals surface area contributed by atoms with Crippen LogP contribution >= 0.6 is 23.2 Å². The van der Waals surface area contributed by atoms with Crippen LogP contribution in [0.1, 0.15) is 85.6 Å². The molecule has 0 N–H and O–H groups in total. The molecule has 0 aliphatic carbocycles. The van der Waals surface area contributed by atoms with Crippen LogP contribution in [0.25, 0.3) is 0 Å². The van der Waals surface area contributed by atoms with E-state index in [1.807, 2.05) is 0 Å². The van der Waals surface area contributed by atoms with Crippen LogP contribution in [-0.2, 0) is 10.8 Å². The summed E-state index contributed by atoms with van der Waals surface area (Å²) in [5.74, 6) is 0. The molecule has 0 aliphatic rings. The Balaban J connectivity index is 3.39. The Hall–Kier alpha value is 0.636. The predicted octanol–water partition coefficient (Wildman–Crippen LogP) is 8.40. The van der Waals surface area contributed by atoms with Gasteiger partial charge in [0, 0.05) is 0 Å². The van der Waals surface area contributed by atoms with Crippen LogP contribution in [0.15, 0.2) is 0 Å². The Bertz CT molecular complexity index is 659. The third-order valence-electron chi connectivity index (χ3n) is 7.16. The average Bonchev–Trinajstić information content (AvgIpc) is 2.70. The van der Waals surface area contributed by atoms with Crippen molar-refractivity contribution in [2.75, 3.05) is 6.61 Å². The Labute approximate surface area is 207 Å². The monoisotopic (exact) mass is 596 g/mol. The zero-order valence-electron chi connectivity index (χ0n) is 21.3. The summed E-state index contributed by atoms with van der Waals surface area (Å²) < 4.78 is 11.9. The van der Waals surface area contributed by atoms with Crippen LogP contribution in [0.5, 0.6) is 0 Å². The maximum absolute atomic E-state index is 6.85. The van der Waals surface area contributed by atoms with Gasteiger partial charge >= 0.3 is 209 Å². The van der Waals surface area contributed by atoms with E-state index >= 15 is 0 Å². The molecule has 7 heteroatoms. The fraction of sp³-hybridized carbons (Fsp3) is 0.833. The molecule has 3 nitrogen and oxygen atoms in total. The molecule has 0 aliphatic heterocycles. The van der Waals surface area contributed by atoms with E-state index in [0.717, 1.165) is 12.0 Å². The Morgan fingerprint density at radius 2 is 1.29 bits per heavy atom. The second-order valence-corrected chi connectivity index (χ2v) is 29.1. The van der Waals surface area contributed by atoms with Crippen LogP contribution in [-0.4, -0.2) is 43.5 Å². The molecule has 0 spiro atoms. The molecule has 0 saturated carbocycles. The van der Waals surface area contributed by atoms with Crippen LogP contribution in [0.4, 0.5) is 0 Å². The van der Waals surface area contributed by atoms with Gasteiger partial charge in [-0.25, -0.2) is 0 Å². The fourth-order valence-electron chi connectivity index (χ4n) is 4.11. The van der Waals surface area contributed by atoms with Crippen molar-refractivity contribution in [2.45, 2.75) is 118 Å². The normalized spacial score (nSPS) is 13.1. The summed E-state index contributed by atoms with van der Waals surface area (Å²) >= 11 is 10.8. The first kappa shape index (κ1) is 29.7. The quantitative estimate of drug-likeness (QED) is 0.203. The summed E-state index contributed by atoms with van der Waals surface area (Å²) in [4.78, 5) is 0. The third kappa shape index (κ3) is 8.42. The number of hydrogen-bond donors (Lipinski definition) is 0. The van der Waals surface area contributed by atoms with E-state index in [0.29, 0.717) is 16.9 Å². The second kappa shape index (κ2) is 13.5. The minimum atomic E-state index is -2.81. The molecular formula is C24H46Cl2N2OSiSn. The fourth-order valence-corrected chi connectivity index (χ4v) is 24.1. The molecule has 1 aromatic rings. The molecule has 0 fully saturated rings. The zero-order chi connectivity index (χ0) is 23.7. The molecule has 0 unspecified atom stereocenters. The van der Waals surface area contributed by atoms with E-state index in [1.165, 1.54) is 55.4 Å². The molecule has 0 radical (unpaired) electrons. The summed E-state index contributed by atoms with van der Waals surface area (Å²) in [6.07, 6.45) is 8.30. The van der Waals surface area contributed by atoms with Gasteiger partial charge in [0.25, 0.3) is 0 Å². The zero-order valence-corrected chi connectivity index (χ0v) is 26.7. The van der Waals surface area contributed by atoms with Crippen LogP contribution in [0.2, 0.25) is 41.7 Å². The van der Waals surface area contributed by atoms with Gasteiger partial charge < -0.3 is 0 Å². The summed E-state index contributed by atoms with van der Waals surface area (Å²) in [6.45, 7) is 19.0. The molecule has 1 aromatic heterocycles. The van der Waals surface area contributed by atoms with Gasteiger partial charge in [-0.3, -0.25) is 0 Å². The van der Waals surface area contributed by atoms with Gasteiger partial charge in [0.2, 0.25) is 0 Å². The number of aromatic nitrogens is 2. The van der Waals surface area contributed by atoms with Crippen LogP contribution < -0.4 is 3.58 Å². The summed E-state index contributed by atoms with van der Waals surface area (Å²) in [5.41, 5.74) is 1.15. The van der Waals surface area contributed by atoms with E-state index in [2.05, 4.69) is 64.8 Å². The van der Waals surface area contributed by atoms with Gasteiger partial charge in [0.05, 0.1) is 0 Å². The summed E-state index contributed by atoms with van der Waals surface area (Å²) in [6, 6.07) is 0. The number of unbranched alkanes of at least 4 members (excludes halogenated alkanes) is 3. The Morgan fingerprint density at radius 3 is 1.71 bits per heavy atom. The molecular weight excluding hydrogens is 550 g/mol. The first-order valence-electron chi connectivity index (χ1n) is 12.3. The van der Waals surface area contributed by atoms with Crippen molar-refractivity contribution in [2.24, 2.45) is 0 Å². The average molecular weight is 596 g/mol. The molecule has 1 heterocycles. The van der Waals surface area contributed by atoms with Crippen molar-refractivity contribution in [3.8, 4) is 0 Å². The second-order valence-electron chi connectivity index (χ2n) is 10.6. The van der Waals surface area contributed by atoms with E-state index in [1.54, 1.807) is 0 Å². The van der Waals surface area contributed by atoms with E-state index in [4.69, 9.17) is 27.6 Å². The van der Waals surface area contributed by atoms with Gasteiger partial charge in [-0.05, 0) is 0 Å². The van der Waals surface area contributed by atoms with E-state index in [-0.39, 0.29) is 5.04 Å². The number of nitrogens with zero attached hydrogens (tertiary/aromatic N) is 2. The number of halogens is 2. The molecule has 1 rings (SSSR count). The van der Waals surface area contributed by atoms with Crippen molar-refractivity contribution in [1.29, 1.82) is 0 Å².